The molecule has 1 heterocycles. The van der Waals surface area contributed by atoms with Gasteiger partial charge in [-0.2, -0.15) is 0 Å². The molecule has 0 radical (unpaired) electrons. The number of halogens is 2. The summed E-state index contributed by atoms with van der Waals surface area (Å²) in [5, 5.41) is 3.21. The van der Waals surface area contributed by atoms with Crippen LogP contribution in [0.4, 0.5) is 11.4 Å². The second-order valence-corrected chi connectivity index (χ2v) is 6.60. The predicted molar refractivity (Wildman–Crippen MR) is 95.1 cm³/mol. The van der Waals surface area contributed by atoms with Crippen LogP contribution in [0.5, 0.6) is 0 Å². The van der Waals surface area contributed by atoms with Crippen LogP contribution in [-0.2, 0) is 4.79 Å². The molecule has 1 aliphatic rings. The summed E-state index contributed by atoms with van der Waals surface area (Å²) in [6, 6.07) is 12.4. The predicted octanol–water partition coefficient (Wildman–Crippen LogP) is 4.48. The smallest absolute Gasteiger partial charge is 0.257 e. The number of amides is 2. The molecule has 0 aromatic heterocycles. The van der Waals surface area contributed by atoms with Crippen LogP contribution in [0.15, 0.2) is 46.9 Å². The Bertz CT molecular complexity index is 779. The van der Waals surface area contributed by atoms with Gasteiger partial charge in [-0.05, 0) is 42.8 Å². The van der Waals surface area contributed by atoms with Gasteiger partial charge in [0, 0.05) is 28.8 Å². The molecular formula is C17H14BrClN2O2. The first-order valence-electron chi connectivity index (χ1n) is 7.21. The second-order valence-electron chi connectivity index (χ2n) is 5.28. The fourth-order valence-electron chi connectivity index (χ4n) is 2.54. The molecule has 1 fully saturated rings. The third-order valence-electron chi connectivity index (χ3n) is 3.66. The van der Waals surface area contributed by atoms with Crippen molar-refractivity contribution in [1.29, 1.82) is 0 Å². The lowest BCUT2D eigenvalue weighted by atomic mass is 10.2. The topological polar surface area (TPSA) is 49.4 Å². The van der Waals surface area contributed by atoms with Gasteiger partial charge in [-0.3, -0.25) is 9.59 Å². The normalized spacial score (nSPS) is 14.2. The molecule has 2 amide bonds. The first-order chi connectivity index (χ1) is 11.0. The maximum atomic E-state index is 12.4. The minimum Gasteiger partial charge on any atom is -0.322 e. The van der Waals surface area contributed by atoms with Gasteiger partial charge in [-0.25, -0.2) is 0 Å². The highest BCUT2D eigenvalue weighted by molar-refractivity contribution is 9.10. The lowest BCUT2D eigenvalue weighted by Crippen LogP contribution is -2.23. The van der Waals surface area contributed by atoms with Crippen LogP contribution in [0.2, 0.25) is 5.02 Å². The summed E-state index contributed by atoms with van der Waals surface area (Å²) in [6.07, 6.45) is 1.44. The van der Waals surface area contributed by atoms with E-state index in [4.69, 9.17) is 11.6 Å². The van der Waals surface area contributed by atoms with Crippen molar-refractivity contribution in [3.8, 4) is 0 Å². The van der Waals surface area contributed by atoms with Crippen LogP contribution in [0.1, 0.15) is 23.2 Å². The summed E-state index contributed by atoms with van der Waals surface area (Å²) in [7, 11) is 0. The number of carbonyl (C=O) groups is 2. The van der Waals surface area contributed by atoms with Gasteiger partial charge in [-0.15, -0.1) is 0 Å². The molecule has 0 spiro atoms. The van der Waals surface area contributed by atoms with Crippen molar-refractivity contribution in [3.05, 3.63) is 57.5 Å². The van der Waals surface area contributed by atoms with E-state index in [0.29, 0.717) is 29.2 Å². The Kier molecular flexibility index (Phi) is 4.68. The van der Waals surface area contributed by atoms with Gasteiger partial charge in [-0.1, -0.05) is 33.6 Å². The first kappa shape index (κ1) is 16.0. The number of nitrogens with zero attached hydrogens (tertiary/aromatic N) is 1. The van der Waals surface area contributed by atoms with Crippen LogP contribution < -0.4 is 10.2 Å². The lowest BCUT2D eigenvalue weighted by molar-refractivity contribution is -0.117. The maximum Gasteiger partial charge on any atom is 0.257 e. The fraction of sp³-hybridized carbons (Fsp3) is 0.176. The third kappa shape index (κ3) is 3.57. The minimum atomic E-state index is -0.291. The Labute approximate surface area is 147 Å². The molecule has 0 saturated carbocycles. The third-order valence-corrected chi connectivity index (χ3v) is 4.48. The fourth-order valence-corrected chi connectivity index (χ4v) is 3.11. The van der Waals surface area contributed by atoms with Crippen LogP contribution >= 0.6 is 27.5 Å². The summed E-state index contributed by atoms with van der Waals surface area (Å²) in [5.41, 5.74) is 1.82. The van der Waals surface area contributed by atoms with Crippen LogP contribution in [0.25, 0.3) is 0 Å². The summed E-state index contributed by atoms with van der Waals surface area (Å²) < 4.78 is 0.781. The molecule has 1 saturated heterocycles. The molecule has 6 heteroatoms. The molecule has 1 aliphatic heterocycles. The van der Waals surface area contributed by atoms with Crippen molar-refractivity contribution >= 4 is 50.7 Å². The van der Waals surface area contributed by atoms with E-state index in [-0.39, 0.29) is 11.8 Å². The second kappa shape index (κ2) is 6.72. The van der Waals surface area contributed by atoms with Gasteiger partial charge in [0.25, 0.3) is 5.91 Å². The first-order valence-corrected chi connectivity index (χ1v) is 8.38. The largest absolute Gasteiger partial charge is 0.322 e. The van der Waals surface area contributed by atoms with Crippen molar-refractivity contribution in [2.45, 2.75) is 12.8 Å². The van der Waals surface area contributed by atoms with Gasteiger partial charge in [0.1, 0.15) is 0 Å². The number of nitrogens with one attached hydrogen (secondary N) is 1. The Morgan fingerprint density at radius 1 is 1.22 bits per heavy atom. The zero-order valence-electron chi connectivity index (χ0n) is 12.2. The van der Waals surface area contributed by atoms with Crippen LogP contribution in [0.3, 0.4) is 0 Å². The molecule has 2 aromatic carbocycles. The maximum absolute atomic E-state index is 12.4. The van der Waals surface area contributed by atoms with Crippen molar-refractivity contribution in [2.24, 2.45) is 0 Å². The van der Waals surface area contributed by atoms with Crippen molar-refractivity contribution in [1.82, 2.24) is 0 Å². The molecule has 0 atom stereocenters. The van der Waals surface area contributed by atoms with E-state index >= 15 is 0 Å². The zero-order valence-corrected chi connectivity index (χ0v) is 14.5. The Hall–Kier alpha value is -1.85. The zero-order chi connectivity index (χ0) is 16.4. The van der Waals surface area contributed by atoms with Crippen LogP contribution in [0, 0.1) is 0 Å². The van der Waals surface area contributed by atoms with Gasteiger partial charge >= 0.3 is 0 Å². The molecule has 4 nitrogen and oxygen atoms in total. The molecule has 118 valence electrons. The SMILES string of the molecule is O=C(Nc1cccc(N2CCCC2=O)c1)c1cc(Br)ccc1Cl. The highest BCUT2D eigenvalue weighted by Crippen LogP contribution is 2.26. The van der Waals surface area contributed by atoms with E-state index in [1.165, 1.54) is 0 Å². The highest BCUT2D eigenvalue weighted by atomic mass is 79.9. The van der Waals surface area contributed by atoms with Crippen molar-refractivity contribution < 1.29 is 9.59 Å². The number of carbonyl (C=O) groups excluding carboxylic acids is 2. The van der Waals surface area contributed by atoms with Gasteiger partial charge < -0.3 is 10.2 Å². The summed E-state index contributed by atoms with van der Waals surface area (Å²) in [5.74, 6) is -0.176. The number of benzene rings is 2. The Morgan fingerprint density at radius 2 is 2.04 bits per heavy atom. The van der Waals surface area contributed by atoms with Gasteiger partial charge in [0.15, 0.2) is 0 Å². The van der Waals surface area contributed by atoms with Crippen molar-refractivity contribution in [3.63, 3.8) is 0 Å². The summed E-state index contributed by atoms with van der Waals surface area (Å²) >= 11 is 9.41. The van der Waals surface area contributed by atoms with Crippen molar-refractivity contribution in [2.75, 3.05) is 16.8 Å². The molecule has 3 rings (SSSR count). The molecule has 0 unspecified atom stereocenters. The molecule has 23 heavy (non-hydrogen) atoms. The average Bonchev–Trinajstić information content (AvgIpc) is 2.96. The summed E-state index contributed by atoms with van der Waals surface area (Å²) in [4.78, 5) is 26.0. The Morgan fingerprint density at radius 3 is 2.78 bits per heavy atom. The average molecular weight is 394 g/mol. The van der Waals surface area contributed by atoms with E-state index < -0.39 is 0 Å². The quantitative estimate of drug-likeness (QED) is 0.836. The van der Waals surface area contributed by atoms with Gasteiger partial charge in [0.05, 0.1) is 10.6 Å². The number of rotatable bonds is 3. The van der Waals surface area contributed by atoms with E-state index in [1.807, 2.05) is 12.1 Å². The molecule has 2 aromatic rings. The lowest BCUT2D eigenvalue weighted by Gasteiger charge is -2.17. The van der Waals surface area contributed by atoms with E-state index in [2.05, 4.69) is 21.2 Å². The number of hydrogen-bond acceptors (Lipinski definition) is 2. The number of anilines is 2. The van der Waals surface area contributed by atoms with E-state index in [0.717, 1.165) is 16.6 Å². The highest BCUT2D eigenvalue weighted by Gasteiger charge is 2.22. The molecule has 0 bridgehead atoms. The summed E-state index contributed by atoms with van der Waals surface area (Å²) in [6.45, 7) is 0.716. The van der Waals surface area contributed by atoms with E-state index in [1.54, 1.807) is 35.2 Å². The van der Waals surface area contributed by atoms with Crippen LogP contribution in [-0.4, -0.2) is 18.4 Å². The monoisotopic (exact) mass is 392 g/mol. The molecule has 1 N–H and O–H groups in total. The van der Waals surface area contributed by atoms with E-state index in [9.17, 15) is 9.59 Å². The minimum absolute atomic E-state index is 0.114. The number of hydrogen-bond donors (Lipinski definition) is 1. The standard InChI is InChI=1S/C17H14BrClN2O2/c18-11-6-7-15(19)14(9-11)17(23)20-12-3-1-4-13(10-12)21-8-2-5-16(21)22/h1,3-4,6-7,9-10H,2,5,8H2,(H,20,23). The van der Waals surface area contributed by atoms with Gasteiger partial charge in [0.2, 0.25) is 5.91 Å². The Balaban J connectivity index is 1.81. The molecule has 0 aliphatic carbocycles. The molecular weight excluding hydrogens is 380 g/mol.